The lowest BCUT2D eigenvalue weighted by Gasteiger charge is -2.35. The molecule has 1 fully saturated rings. The molecule has 2 unspecified atom stereocenters. The number of nitrogens with one attached hydrogen (secondary N) is 1. The van der Waals surface area contributed by atoms with Gasteiger partial charge in [0.1, 0.15) is 0 Å². The van der Waals surface area contributed by atoms with Crippen molar-refractivity contribution in [2.24, 2.45) is 0 Å². The van der Waals surface area contributed by atoms with E-state index in [1.54, 1.807) is 6.92 Å². The van der Waals surface area contributed by atoms with E-state index in [9.17, 15) is 9.59 Å². The van der Waals surface area contributed by atoms with Crippen molar-refractivity contribution in [2.45, 2.75) is 51.6 Å². The van der Waals surface area contributed by atoms with Crippen molar-refractivity contribution >= 4 is 11.9 Å². The minimum absolute atomic E-state index is 0.0511. The highest BCUT2D eigenvalue weighted by atomic mass is 16.5. The van der Waals surface area contributed by atoms with Crippen LogP contribution < -0.4 is 5.32 Å². The number of piperidine rings is 1. The number of hydrogen-bond acceptors (Lipinski definition) is 4. The van der Waals surface area contributed by atoms with Crippen LogP contribution >= 0.6 is 0 Å². The van der Waals surface area contributed by atoms with Crippen molar-refractivity contribution in [1.82, 2.24) is 10.2 Å². The molecule has 5 heteroatoms. The molecular weight excluding hydrogens is 232 g/mol. The molecule has 0 aliphatic carbocycles. The molecule has 0 bridgehead atoms. The van der Waals surface area contributed by atoms with E-state index in [4.69, 9.17) is 4.74 Å². The highest BCUT2D eigenvalue weighted by Gasteiger charge is 2.23. The van der Waals surface area contributed by atoms with Crippen molar-refractivity contribution in [3.8, 4) is 0 Å². The van der Waals surface area contributed by atoms with Gasteiger partial charge >= 0.3 is 5.97 Å². The van der Waals surface area contributed by atoms with Crippen LogP contribution in [0.25, 0.3) is 0 Å². The average molecular weight is 256 g/mol. The van der Waals surface area contributed by atoms with E-state index < -0.39 is 0 Å². The molecule has 1 aliphatic heterocycles. The van der Waals surface area contributed by atoms with Crippen molar-refractivity contribution in [1.29, 1.82) is 0 Å². The SMILES string of the molecule is CCOC(=O)CCC(=O)NC1CCN(C)C(C)C1. The lowest BCUT2D eigenvalue weighted by molar-refractivity contribution is -0.144. The Balaban J connectivity index is 2.22. The number of ether oxygens (including phenoxy) is 1. The summed E-state index contributed by atoms with van der Waals surface area (Å²) in [7, 11) is 2.10. The third-order valence-electron chi connectivity index (χ3n) is 3.43. The zero-order chi connectivity index (χ0) is 13.5. The first kappa shape index (κ1) is 15.0. The lowest BCUT2D eigenvalue weighted by Crippen LogP contribution is -2.47. The molecule has 1 amide bonds. The number of carbonyl (C=O) groups is 2. The zero-order valence-electron chi connectivity index (χ0n) is 11.6. The maximum Gasteiger partial charge on any atom is 0.306 e. The fraction of sp³-hybridized carbons (Fsp3) is 0.846. The zero-order valence-corrected chi connectivity index (χ0v) is 11.6. The van der Waals surface area contributed by atoms with Gasteiger partial charge in [-0.3, -0.25) is 9.59 Å². The van der Waals surface area contributed by atoms with Crippen LogP contribution in [0.5, 0.6) is 0 Å². The van der Waals surface area contributed by atoms with Crippen LogP contribution in [0.2, 0.25) is 0 Å². The van der Waals surface area contributed by atoms with E-state index in [-0.39, 0.29) is 30.8 Å². The van der Waals surface area contributed by atoms with E-state index in [0.29, 0.717) is 12.6 Å². The molecule has 1 rings (SSSR count). The Hall–Kier alpha value is -1.10. The molecule has 1 N–H and O–H groups in total. The summed E-state index contributed by atoms with van der Waals surface area (Å²) in [6.45, 7) is 5.30. The van der Waals surface area contributed by atoms with Crippen LogP contribution in [0.1, 0.15) is 39.5 Å². The molecule has 0 aromatic heterocycles. The summed E-state index contributed by atoms with van der Waals surface area (Å²) in [6.07, 6.45) is 2.34. The number of nitrogens with zero attached hydrogens (tertiary/aromatic N) is 1. The molecule has 0 aromatic rings. The average Bonchev–Trinajstić information content (AvgIpc) is 2.32. The first-order chi connectivity index (χ1) is 8.52. The Morgan fingerprint density at radius 1 is 1.39 bits per heavy atom. The Labute approximate surface area is 109 Å². The summed E-state index contributed by atoms with van der Waals surface area (Å²) in [5, 5.41) is 2.99. The third-order valence-corrected chi connectivity index (χ3v) is 3.43. The standard InChI is InChI=1S/C13H24N2O3/c1-4-18-13(17)6-5-12(16)14-11-7-8-15(3)10(2)9-11/h10-11H,4-9H2,1-3H3,(H,14,16). The smallest absolute Gasteiger partial charge is 0.306 e. The first-order valence-electron chi connectivity index (χ1n) is 6.68. The van der Waals surface area contributed by atoms with Crippen LogP contribution in [0.4, 0.5) is 0 Å². The fourth-order valence-corrected chi connectivity index (χ4v) is 2.17. The van der Waals surface area contributed by atoms with Gasteiger partial charge in [-0.05, 0) is 33.7 Å². The van der Waals surface area contributed by atoms with Gasteiger partial charge in [0.15, 0.2) is 0 Å². The predicted octanol–water partition coefficient (Wildman–Crippen LogP) is 0.929. The number of esters is 1. The first-order valence-corrected chi connectivity index (χ1v) is 6.68. The van der Waals surface area contributed by atoms with Gasteiger partial charge in [0, 0.05) is 25.0 Å². The molecule has 2 atom stereocenters. The van der Waals surface area contributed by atoms with Gasteiger partial charge < -0.3 is 15.0 Å². The quantitative estimate of drug-likeness (QED) is 0.743. The molecule has 1 heterocycles. The van der Waals surface area contributed by atoms with E-state index >= 15 is 0 Å². The topological polar surface area (TPSA) is 58.6 Å². The van der Waals surface area contributed by atoms with Crippen molar-refractivity contribution < 1.29 is 14.3 Å². The van der Waals surface area contributed by atoms with Gasteiger partial charge in [0.05, 0.1) is 13.0 Å². The molecule has 104 valence electrons. The second kappa shape index (κ2) is 7.36. The number of carbonyl (C=O) groups excluding carboxylic acids is 2. The number of amides is 1. The molecule has 1 aliphatic rings. The summed E-state index contributed by atoms with van der Waals surface area (Å²) in [6, 6.07) is 0.736. The van der Waals surface area contributed by atoms with Crippen LogP contribution in [-0.4, -0.2) is 49.1 Å². The Morgan fingerprint density at radius 3 is 2.72 bits per heavy atom. The van der Waals surface area contributed by atoms with E-state index in [1.807, 2.05) is 0 Å². The Morgan fingerprint density at radius 2 is 2.11 bits per heavy atom. The van der Waals surface area contributed by atoms with Gasteiger partial charge in [-0.2, -0.15) is 0 Å². The number of rotatable bonds is 5. The van der Waals surface area contributed by atoms with Gasteiger partial charge in [0.2, 0.25) is 5.91 Å². The van der Waals surface area contributed by atoms with Crippen LogP contribution in [0.3, 0.4) is 0 Å². The van der Waals surface area contributed by atoms with Gasteiger partial charge in [-0.1, -0.05) is 0 Å². The maximum atomic E-state index is 11.7. The van der Waals surface area contributed by atoms with Crippen LogP contribution in [-0.2, 0) is 14.3 Å². The predicted molar refractivity (Wildman–Crippen MR) is 69.1 cm³/mol. The summed E-state index contributed by atoms with van der Waals surface area (Å²) in [5.74, 6) is -0.353. The molecule has 0 radical (unpaired) electrons. The van der Waals surface area contributed by atoms with Crippen LogP contribution in [0.15, 0.2) is 0 Å². The molecular formula is C13H24N2O3. The molecule has 5 nitrogen and oxygen atoms in total. The molecule has 0 saturated carbocycles. The molecule has 18 heavy (non-hydrogen) atoms. The number of hydrogen-bond donors (Lipinski definition) is 1. The van der Waals surface area contributed by atoms with Crippen molar-refractivity contribution in [2.75, 3.05) is 20.2 Å². The minimum atomic E-state index is -0.301. The summed E-state index contributed by atoms with van der Waals surface area (Å²) in [4.78, 5) is 25.1. The van der Waals surface area contributed by atoms with E-state index in [1.165, 1.54) is 0 Å². The summed E-state index contributed by atoms with van der Waals surface area (Å²) in [5.41, 5.74) is 0. The van der Waals surface area contributed by atoms with Gasteiger partial charge in [0.25, 0.3) is 0 Å². The van der Waals surface area contributed by atoms with E-state index in [2.05, 4.69) is 24.2 Å². The second-order valence-corrected chi connectivity index (χ2v) is 4.92. The van der Waals surface area contributed by atoms with Gasteiger partial charge in [-0.15, -0.1) is 0 Å². The normalized spacial score (nSPS) is 24.6. The highest BCUT2D eigenvalue weighted by molar-refractivity contribution is 5.81. The fourth-order valence-electron chi connectivity index (χ4n) is 2.17. The highest BCUT2D eigenvalue weighted by Crippen LogP contribution is 2.15. The monoisotopic (exact) mass is 256 g/mol. The van der Waals surface area contributed by atoms with Crippen molar-refractivity contribution in [3.05, 3.63) is 0 Å². The summed E-state index contributed by atoms with van der Waals surface area (Å²) < 4.78 is 4.79. The van der Waals surface area contributed by atoms with Crippen LogP contribution in [0, 0.1) is 0 Å². The maximum absolute atomic E-state index is 11.7. The summed E-state index contributed by atoms with van der Waals surface area (Å²) >= 11 is 0. The van der Waals surface area contributed by atoms with Crippen molar-refractivity contribution in [3.63, 3.8) is 0 Å². The largest absolute Gasteiger partial charge is 0.466 e. The molecule has 0 spiro atoms. The Bertz CT molecular complexity index is 294. The lowest BCUT2D eigenvalue weighted by atomic mass is 9.99. The molecule has 0 aromatic carbocycles. The third kappa shape index (κ3) is 5.04. The Kier molecular flexibility index (Phi) is 6.12. The van der Waals surface area contributed by atoms with E-state index in [0.717, 1.165) is 19.4 Å². The second-order valence-electron chi connectivity index (χ2n) is 4.92. The minimum Gasteiger partial charge on any atom is -0.466 e. The molecule has 1 saturated heterocycles. The number of likely N-dealkylation sites (tertiary alicyclic amines) is 1. The van der Waals surface area contributed by atoms with Gasteiger partial charge in [-0.25, -0.2) is 0 Å².